The molecule has 30 heavy (non-hydrogen) atoms. The minimum atomic E-state index is 0.00155. The van der Waals surface area contributed by atoms with Gasteiger partial charge in [-0.1, -0.05) is 12.2 Å². The van der Waals surface area contributed by atoms with Gasteiger partial charge < -0.3 is 5.32 Å². The number of nitrogens with zero attached hydrogens (tertiary/aromatic N) is 5. The number of allylic oxidation sites excluding steroid dienone is 2. The van der Waals surface area contributed by atoms with Gasteiger partial charge in [-0.3, -0.25) is 9.36 Å². The van der Waals surface area contributed by atoms with Crippen molar-refractivity contribution in [2.24, 2.45) is 11.8 Å². The van der Waals surface area contributed by atoms with Gasteiger partial charge in [-0.2, -0.15) is 10.1 Å². The Hall–Kier alpha value is -3.74. The molecule has 3 aromatic heterocycles. The van der Waals surface area contributed by atoms with Crippen LogP contribution in [0.25, 0.3) is 16.7 Å². The fourth-order valence-electron chi connectivity index (χ4n) is 4.72. The molecule has 148 valence electrons. The standard InChI is InChI=1S/C23H20N6O/c30-21-9-4-17-14-24-23(26-18-5-7-19(8-6-18)28-11-1-10-25-28)27-22(17)29(21)20-13-15-2-3-16(20)12-15/h1-11,14-16,20H,12-13H2,(H,24,26,27). The third-order valence-electron chi connectivity index (χ3n) is 6.13. The highest BCUT2D eigenvalue weighted by Gasteiger charge is 2.37. The van der Waals surface area contributed by atoms with Crippen molar-refractivity contribution in [1.29, 1.82) is 0 Å². The topological polar surface area (TPSA) is 77.6 Å². The fraction of sp³-hybridized carbons (Fsp3) is 0.217. The molecule has 1 saturated carbocycles. The van der Waals surface area contributed by atoms with Gasteiger partial charge >= 0.3 is 0 Å². The van der Waals surface area contributed by atoms with Gasteiger partial charge in [0.05, 0.1) is 5.69 Å². The number of anilines is 2. The molecule has 1 N–H and O–H groups in total. The number of hydrogen-bond acceptors (Lipinski definition) is 5. The molecule has 0 spiro atoms. The maximum absolute atomic E-state index is 12.8. The molecule has 0 radical (unpaired) electrons. The summed E-state index contributed by atoms with van der Waals surface area (Å²) in [6, 6.07) is 13.4. The number of nitrogens with one attached hydrogen (secondary N) is 1. The Labute approximate surface area is 172 Å². The number of fused-ring (bicyclic) bond motifs is 3. The molecule has 1 fully saturated rings. The van der Waals surface area contributed by atoms with Gasteiger partial charge in [-0.05, 0) is 61.1 Å². The average Bonchev–Trinajstić information content (AvgIpc) is 3.53. The predicted octanol–water partition coefficient (Wildman–Crippen LogP) is 3.86. The maximum atomic E-state index is 12.8. The number of aromatic nitrogens is 5. The lowest BCUT2D eigenvalue weighted by molar-refractivity contribution is 0.431. The van der Waals surface area contributed by atoms with Crippen LogP contribution in [-0.2, 0) is 0 Å². The van der Waals surface area contributed by atoms with E-state index < -0.39 is 0 Å². The third-order valence-corrected chi connectivity index (χ3v) is 6.13. The van der Waals surface area contributed by atoms with Crippen molar-refractivity contribution in [3.05, 3.63) is 83.6 Å². The Kier molecular flexibility index (Phi) is 3.80. The van der Waals surface area contributed by atoms with Crippen LogP contribution in [0.15, 0.2) is 78.0 Å². The number of benzene rings is 1. The lowest BCUT2D eigenvalue weighted by Crippen LogP contribution is -2.27. The summed E-state index contributed by atoms with van der Waals surface area (Å²) in [5, 5.41) is 8.37. The van der Waals surface area contributed by atoms with Gasteiger partial charge in [-0.15, -0.1) is 0 Å². The van der Waals surface area contributed by atoms with Crippen LogP contribution in [0.2, 0.25) is 0 Å². The van der Waals surface area contributed by atoms with E-state index in [-0.39, 0.29) is 11.6 Å². The van der Waals surface area contributed by atoms with Gasteiger partial charge in [0.2, 0.25) is 5.95 Å². The maximum Gasteiger partial charge on any atom is 0.252 e. The van der Waals surface area contributed by atoms with E-state index in [9.17, 15) is 4.79 Å². The summed E-state index contributed by atoms with van der Waals surface area (Å²) in [7, 11) is 0. The van der Waals surface area contributed by atoms with Gasteiger partial charge in [0.15, 0.2) is 0 Å². The smallest absolute Gasteiger partial charge is 0.252 e. The van der Waals surface area contributed by atoms with Crippen molar-refractivity contribution in [2.45, 2.75) is 18.9 Å². The molecule has 3 atom stereocenters. The summed E-state index contributed by atoms with van der Waals surface area (Å²) in [5.74, 6) is 1.47. The van der Waals surface area contributed by atoms with Crippen LogP contribution in [0.5, 0.6) is 0 Å². The molecule has 7 heteroatoms. The van der Waals surface area contributed by atoms with Crippen LogP contribution in [0, 0.1) is 11.8 Å². The van der Waals surface area contributed by atoms with E-state index >= 15 is 0 Å². The Morgan fingerprint density at radius 2 is 1.93 bits per heavy atom. The summed E-state index contributed by atoms with van der Waals surface area (Å²) in [4.78, 5) is 21.9. The summed E-state index contributed by atoms with van der Waals surface area (Å²) >= 11 is 0. The quantitative estimate of drug-likeness (QED) is 0.530. The van der Waals surface area contributed by atoms with E-state index in [4.69, 9.17) is 4.98 Å². The molecule has 1 aromatic carbocycles. The van der Waals surface area contributed by atoms with Gasteiger partial charge in [0.25, 0.3) is 5.56 Å². The number of rotatable bonds is 4. The average molecular weight is 396 g/mol. The van der Waals surface area contributed by atoms with E-state index in [0.29, 0.717) is 23.4 Å². The van der Waals surface area contributed by atoms with Crippen LogP contribution in [0.1, 0.15) is 18.9 Å². The Morgan fingerprint density at radius 1 is 1.03 bits per heavy atom. The zero-order chi connectivity index (χ0) is 20.1. The highest BCUT2D eigenvalue weighted by molar-refractivity contribution is 5.76. The second-order valence-electron chi connectivity index (χ2n) is 7.98. The molecule has 4 aromatic rings. The lowest BCUT2D eigenvalue weighted by Gasteiger charge is -2.22. The third kappa shape index (κ3) is 2.82. The van der Waals surface area contributed by atoms with E-state index in [2.05, 4.69) is 27.6 Å². The normalized spacial score (nSPS) is 22.1. The van der Waals surface area contributed by atoms with Crippen LogP contribution in [-0.4, -0.2) is 24.3 Å². The monoisotopic (exact) mass is 396 g/mol. The molecule has 3 heterocycles. The second kappa shape index (κ2) is 6.66. The molecule has 0 amide bonds. The van der Waals surface area contributed by atoms with E-state index in [1.54, 1.807) is 29.2 Å². The SMILES string of the molecule is O=c1ccc2cnc(Nc3ccc(-n4cccn4)cc3)nc2n1C1CC2C=CC1C2. The molecular weight excluding hydrogens is 376 g/mol. The minimum Gasteiger partial charge on any atom is -0.324 e. The van der Waals surface area contributed by atoms with Crippen LogP contribution >= 0.6 is 0 Å². The van der Waals surface area contributed by atoms with E-state index in [0.717, 1.165) is 29.6 Å². The molecule has 2 aliphatic rings. The predicted molar refractivity (Wildman–Crippen MR) is 115 cm³/mol. The molecule has 2 bridgehead atoms. The zero-order valence-electron chi connectivity index (χ0n) is 16.2. The summed E-state index contributed by atoms with van der Waals surface area (Å²) < 4.78 is 3.68. The summed E-state index contributed by atoms with van der Waals surface area (Å²) in [6.45, 7) is 0. The molecule has 6 rings (SSSR count). The molecule has 7 nitrogen and oxygen atoms in total. The largest absolute Gasteiger partial charge is 0.324 e. The van der Waals surface area contributed by atoms with E-state index in [1.165, 1.54) is 0 Å². The molecule has 0 saturated heterocycles. The van der Waals surface area contributed by atoms with Gasteiger partial charge in [0, 0.05) is 41.8 Å². The van der Waals surface area contributed by atoms with Crippen molar-refractivity contribution >= 4 is 22.7 Å². The van der Waals surface area contributed by atoms with Crippen molar-refractivity contribution in [3.63, 3.8) is 0 Å². The Balaban J connectivity index is 1.35. The Bertz CT molecular complexity index is 1310. The van der Waals surface area contributed by atoms with E-state index in [1.807, 2.05) is 41.1 Å². The van der Waals surface area contributed by atoms with Crippen LogP contribution < -0.4 is 10.9 Å². The molecular formula is C23H20N6O. The highest BCUT2D eigenvalue weighted by Crippen LogP contribution is 2.46. The van der Waals surface area contributed by atoms with Crippen molar-refractivity contribution < 1.29 is 0 Å². The van der Waals surface area contributed by atoms with Crippen LogP contribution in [0.4, 0.5) is 11.6 Å². The first kappa shape index (κ1) is 17.1. The first-order valence-electron chi connectivity index (χ1n) is 10.2. The van der Waals surface area contributed by atoms with Crippen molar-refractivity contribution in [3.8, 4) is 5.69 Å². The summed E-state index contributed by atoms with van der Waals surface area (Å²) in [5.41, 5.74) is 2.54. The first-order valence-corrected chi connectivity index (χ1v) is 10.2. The minimum absolute atomic E-state index is 0.00155. The zero-order valence-corrected chi connectivity index (χ0v) is 16.2. The number of hydrogen-bond donors (Lipinski definition) is 1. The van der Waals surface area contributed by atoms with Gasteiger partial charge in [0.1, 0.15) is 5.65 Å². The lowest BCUT2D eigenvalue weighted by atomic mass is 10.0. The first-order chi connectivity index (χ1) is 14.7. The van der Waals surface area contributed by atoms with Gasteiger partial charge in [-0.25, -0.2) is 9.67 Å². The number of pyridine rings is 1. The highest BCUT2D eigenvalue weighted by atomic mass is 16.1. The second-order valence-corrected chi connectivity index (χ2v) is 7.98. The molecule has 2 aliphatic carbocycles. The Morgan fingerprint density at radius 3 is 2.67 bits per heavy atom. The molecule has 3 unspecified atom stereocenters. The molecule has 0 aliphatic heterocycles. The summed E-state index contributed by atoms with van der Waals surface area (Å²) in [6.07, 6.45) is 12.1. The van der Waals surface area contributed by atoms with Crippen molar-refractivity contribution in [1.82, 2.24) is 24.3 Å². The fourth-order valence-corrected chi connectivity index (χ4v) is 4.72. The van der Waals surface area contributed by atoms with Crippen LogP contribution in [0.3, 0.4) is 0 Å². The van der Waals surface area contributed by atoms with Crippen molar-refractivity contribution in [2.75, 3.05) is 5.32 Å².